The van der Waals surface area contributed by atoms with Gasteiger partial charge in [-0.15, -0.1) is 0 Å². The molecule has 2 heteroatoms. The molecule has 0 fully saturated rings. The number of hydrogen-bond acceptors (Lipinski definition) is 2. The quantitative estimate of drug-likeness (QED) is 0.228. The van der Waals surface area contributed by atoms with Crippen molar-refractivity contribution < 1.29 is 9.53 Å². The minimum Gasteiger partial charge on any atom is -0.462 e. The van der Waals surface area contributed by atoms with Crippen molar-refractivity contribution in [3.8, 4) is 0 Å². The Kier molecular flexibility index (Phi) is 14.0. The van der Waals surface area contributed by atoms with Crippen molar-refractivity contribution in [1.82, 2.24) is 0 Å². The Hall–Kier alpha value is -0.790. The minimum atomic E-state index is -0.191. The van der Waals surface area contributed by atoms with Crippen molar-refractivity contribution >= 4 is 5.97 Å². The first-order valence-corrected chi connectivity index (χ1v) is 8.57. The van der Waals surface area contributed by atoms with Crippen molar-refractivity contribution in [3.63, 3.8) is 0 Å². The first-order chi connectivity index (χ1) is 9.72. The number of carbonyl (C=O) groups excluding carboxylic acids is 1. The number of ether oxygens (including phenoxy) is 1. The third-order valence-electron chi connectivity index (χ3n) is 3.60. The largest absolute Gasteiger partial charge is 0.462 e. The van der Waals surface area contributed by atoms with Crippen molar-refractivity contribution in [2.24, 2.45) is 0 Å². The highest BCUT2D eigenvalue weighted by atomic mass is 16.5. The Morgan fingerprint density at radius 1 is 0.800 bits per heavy atom. The van der Waals surface area contributed by atoms with Gasteiger partial charge in [-0.2, -0.15) is 0 Å². The highest BCUT2D eigenvalue weighted by Gasteiger charge is 2.07. The van der Waals surface area contributed by atoms with Gasteiger partial charge in [-0.1, -0.05) is 78.2 Å². The second-order valence-corrected chi connectivity index (χ2v) is 5.67. The van der Waals surface area contributed by atoms with Crippen LogP contribution in [0, 0.1) is 0 Å². The van der Waals surface area contributed by atoms with Crippen LogP contribution in [0.15, 0.2) is 12.2 Å². The molecule has 0 radical (unpaired) electrons. The van der Waals surface area contributed by atoms with E-state index in [9.17, 15) is 4.79 Å². The molecule has 118 valence electrons. The van der Waals surface area contributed by atoms with E-state index in [-0.39, 0.29) is 5.97 Å². The molecule has 0 bridgehead atoms. The highest BCUT2D eigenvalue weighted by molar-refractivity contribution is 5.87. The van der Waals surface area contributed by atoms with Crippen molar-refractivity contribution in [1.29, 1.82) is 0 Å². The predicted octanol–water partition coefficient (Wildman–Crippen LogP) is 5.81. The molecular formula is C18H34O2. The van der Waals surface area contributed by atoms with E-state index < -0.39 is 0 Å². The molecule has 0 amide bonds. The average molecular weight is 282 g/mol. The molecule has 0 aromatic carbocycles. The van der Waals surface area contributed by atoms with Gasteiger partial charge in [-0.05, 0) is 19.3 Å². The van der Waals surface area contributed by atoms with Gasteiger partial charge in [0.2, 0.25) is 0 Å². The van der Waals surface area contributed by atoms with Gasteiger partial charge >= 0.3 is 5.97 Å². The van der Waals surface area contributed by atoms with E-state index in [2.05, 4.69) is 20.4 Å². The topological polar surface area (TPSA) is 26.3 Å². The minimum absolute atomic E-state index is 0.191. The summed E-state index contributed by atoms with van der Waals surface area (Å²) in [6, 6.07) is 0. The Balaban J connectivity index is 3.36. The summed E-state index contributed by atoms with van der Waals surface area (Å²) >= 11 is 0. The fourth-order valence-electron chi connectivity index (χ4n) is 2.19. The van der Waals surface area contributed by atoms with Crippen LogP contribution in [0.3, 0.4) is 0 Å². The molecule has 0 rings (SSSR count). The molecule has 0 N–H and O–H groups in total. The lowest BCUT2D eigenvalue weighted by molar-refractivity contribution is -0.139. The first kappa shape index (κ1) is 19.2. The summed E-state index contributed by atoms with van der Waals surface area (Å²) in [6.45, 7) is 8.77. The monoisotopic (exact) mass is 282 g/mol. The molecule has 0 unspecified atom stereocenters. The number of rotatable bonds is 14. The zero-order valence-electron chi connectivity index (χ0n) is 13.7. The van der Waals surface area contributed by atoms with Crippen LogP contribution >= 0.6 is 0 Å². The molecular weight excluding hydrogens is 248 g/mol. The molecule has 0 spiro atoms. The summed E-state index contributed by atoms with van der Waals surface area (Å²) in [5.41, 5.74) is 0.646. The van der Waals surface area contributed by atoms with Crippen LogP contribution in [0.2, 0.25) is 0 Å². The van der Waals surface area contributed by atoms with Crippen molar-refractivity contribution in [2.45, 2.75) is 90.9 Å². The van der Waals surface area contributed by atoms with Crippen LogP contribution in [-0.2, 0) is 9.53 Å². The van der Waals surface area contributed by atoms with Gasteiger partial charge in [-0.25, -0.2) is 4.79 Å². The van der Waals surface area contributed by atoms with E-state index in [1.54, 1.807) is 0 Å². The number of carbonyl (C=O) groups is 1. The summed E-state index contributed by atoms with van der Waals surface area (Å²) in [7, 11) is 0. The van der Waals surface area contributed by atoms with Crippen LogP contribution in [0.5, 0.6) is 0 Å². The smallest absolute Gasteiger partial charge is 0.333 e. The van der Waals surface area contributed by atoms with Gasteiger partial charge in [0.1, 0.15) is 0 Å². The molecule has 0 aromatic rings. The molecule has 0 heterocycles. The van der Waals surface area contributed by atoms with Crippen LogP contribution in [-0.4, -0.2) is 12.6 Å². The number of esters is 1. The van der Waals surface area contributed by atoms with Crippen LogP contribution in [0.25, 0.3) is 0 Å². The lowest BCUT2D eigenvalue weighted by atomic mass is 10.1. The molecule has 0 atom stereocenters. The van der Waals surface area contributed by atoms with Crippen LogP contribution in [0.4, 0.5) is 0 Å². The number of hydrogen-bond donors (Lipinski definition) is 0. The fourth-order valence-corrected chi connectivity index (χ4v) is 2.19. The summed E-state index contributed by atoms with van der Waals surface area (Å²) in [4.78, 5) is 11.6. The maximum absolute atomic E-state index is 11.6. The standard InChI is InChI=1S/C18H34O2/c1-4-6-8-9-10-11-12-13-15-17(3)18(19)20-16-14-7-5-2/h3-16H2,1-2H3. The lowest BCUT2D eigenvalue weighted by Gasteiger charge is -2.07. The SMILES string of the molecule is C=C(CCCCCCCCCC)C(=O)OCCCCC. The predicted molar refractivity (Wildman–Crippen MR) is 86.9 cm³/mol. The maximum atomic E-state index is 11.6. The van der Waals surface area contributed by atoms with Gasteiger partial charge in [0.25, 0.3) is 0 Å². The van der Waals surface area contributed by atoms with Crippen molar-refractivity contribution in [2.75, 3.05) is 6.61 Å². The van der Waals surface area contributed by atoms with E-state index in [0.29, 0.717) is 12.2 Å². The van der Waals surface area contributed by atoms with Crippen LogP contribution < -0.4 is 0 Å². The Morgan fingerprint density at radius 2 is 1.30 bits per heavy atom. The molecule has 0 saturated carbocycles. The van der Waals surface area contributed by atoms with E-state index in [4.69, 9.17) is 4.74 Å². The molecule has 2 nitrogen and oxygen atoms in total. The second-order valence-electron chi connectivity index (χ2n) is 5.67. The van der Waals surface area contributed by atoms with Gasteiger partial charge < -0.3 is 4.74 Å². The van der Waals surface area contributed by atoms with E-state index in [0.717, 1.165) is 32.1 Å². The maximum Gasteiger partial charge on any atom is 0.333 e. The Bertz CT molecular complexity index is 246. The molecule has 0 aliphatic heterocycles. The number of unbranched alkanes of at least 4 members (excludes halogenated alkanes) is 9. The second kappa shape index (κ2) is 14.6. The van der Waals surface area contributed by atoms with Gasteiger partial charge in [0.15, 0.2) is 0 Å². The molecule has 0 aromatic heterocycles. The van der Waals surface area contributed by atoms with Gasteiger partial charge in [0, 0.05) is 5.57 Å². The third kappa shape index (κ3) is 12.3. The zero-order chi connectivity index (χ0) is 15.1. The molecule has 0 aliphatic rings. The normalized spacial score (nSPS) is 10.5. The molecule has 20 heavy (non-hydrogen) atoms. The van der Waals surface area contributed by atoms with Gasteiger partial charge in [-0.3, -0.25) is 0 Å². The summed E-state index contributed by atoms with van der Waals surface area (Å²) in [5.74, 6) is -0.191. The molecule has 0 aliphatic carbocycles. The summed E-state index contributed by atoms with van der Waals surface area (Å²) in [6.07, 6.45) is 14.3. The first-order valence-electron chi connectivity index (χ1n) is 8.57. The van der Waals surface area contributed by atoms with E-state index in [1.165, 1.54) is 44.9 Å². The van der Waals surface area contributed by atoms with E-state index >= 15 is 0 Å². The van der Waals surface area contributed by atoms with Crippen molar-refractivity contribution in [3.05, 3.63) is 12.2 Å². The highest BCUT2D eigenvalue weighted by Crippen LogP contribution is 2.13. The van der Waals surface area contributed by atoms with E-state index in [1.807, 2.05) is 0 Å². The lowest BCUT2D eigenvalue weighted by Crippen LogP contribution is -2.08. The average Bonchev–Trinajstić information content (AvgIpc) is 2.46. The Morgan fingerprint density at radius 3 is 1.90 bits per heavy atom. The van der Waals surface area contributed by atoms with Crippen LogP contribution in [0.1, 0.15) is 90.9 Å². The Labute approximate surface area is 126 Å². The summed E-state index contributed by atoms with van der Waals surface area (Å²) in [5, 5.41) is 0. The third-order valence-corrected chi connectivity index (χ3v) is 3.60. The van der Waals surface area contributed by atoms with Gasteiger partial charge in [0.05, 0.1) is 6.61 Å². The zero-order valence-corrected chi connectivity index (χ0v) is 13.7. The fraction of sp³-hybridized carbons (Fsp3) is 0.833. The molecule has 0 saturated heterocycles. The summed E-state index contributed by atoms with van der Waals surface area (Å²) < 4.78 is 5.19.